The Morgan fingerprint density at radius 1 is 1.42 bits per heavy atom. The number of rotatable bonds is 7. The summed E-state index contributed by atoms with van der Waals surface area (Å²) in [7, 11) is 2.07. The van der Waals surface area contributed by atoms with E-state index in [2.05, 4.69) is 32.2 Å². The minimum Gasteiger partial charge on any atom is -0.381 e. The Morgan fingerprint density at radius 3 is 3.12 bits per heavy atom. The molecule has 2 aromatic heterocycles. The minimum absolute atomic E-state index is 0.394. The van der Waals surface area contributed by atoms with Gasteiger partial charge in [0.2, 0.25) is 0 Å². The Kier molecular flexibility index (Phi) is 5.96. The van der Waals surface area contributed by atoms with Crippen LogP contribution in [0.4, 0.5) is 5.82 Å². The molecular weight excluding hydrogens is 326 g/mol. The predicted octanol–water partition coefficient (Wildman–Crippen LogP) is 2.57. The highest BCUT2D eigenvalue weighted by Gasteiger charge is 2.19. The zero-order chi connectivity index (χ0) is 16.8. The van der Waals surface area contributed by atoms with E-state index in [9.17, 15) is 0 Å². The van der Waals surface area contributed by atoms with Gasteiger partial charge in [-0.15, -0.1) is 0 Å². The monoisotopic (exact) mass is 347 g/mol. The molecule has 128 valence electrons. The summed E-state index contributed by atoms with van der Waals surface area (Å²) in [6.45, 7) is 4.05. The average molecular weight is 348 g/mol. The minimum atomic E-state index is 0.394. The fourth-order valence-electron chi connectivity index (χ4n) is 2.74. The second-order valence-electron chi connectivity index (χ2n) is 6.02. The number of hydrogen-bond acceptors (Lipinski definition) is 6. The van der Waals surface area contributed by atoms with Gasteiger partial charge in [-0.05, 0) is 25.1 Å². The van der Waals surface area contributed by atoms with Gasteiger partial charge in [0.05, 0.1) is 17.3 Å². The van der Waals surface area contributed by atoms with E-state index in [0.717, 1.165) is 56.3 Å². The van der Waals surface area contributed by atoms with Crippen molar-refractivity contribution in [2.24, 2.45) is 0 Å². The molecule has 0 aromatic carbocycles. The van der Waals surface area contributed by atoms with E-state index in [-0.39, 0.29) is 0 Å². The Labute approximate surface area is 147 Å². The molecule has 1 saturated heterocycles. The van der Waals surface area contributed by atoms with Crippen LogP contribution in [-0.4, -0.2) is 53.2 Å². The Bertz CT molecular complexity index is 663. The van der Waals surface area contributed by atoms with Crippen LogP contribution in [0.3, 0.4) is 0 Å². The first-order chi connectivity index (χ1) is 11.7. The van der Waals surface area contributed by atoms with Gasteiger partial charge in [-0.3, -0.25) is 4.98 Å². The first-order valence-electron chi connectivity index (χ1n) is 8.13. The Hall–Kier alpha value is -1.76. The molecule has 1 atom stereocenters. The van der Waals surface area contributed by atoms with Crippen LogP contribution < -0.4 is 5.32 Å². The van der Waals surface area contributed by atoms with Crippen LogP contribution in [-0.2, 0) is 11.3 Å². The van der Waals surface area contributed by atoms with E-state index >= 15 is 0 Å². The number of pyridine rings is 1. The SMILES string of the molecule is CN(CCNc1cc(C2CCOC2)ncn1)Cc1ccncc1Cl. The lowest BCUT2D eigenvalue weighted by molar-refractivity contribution is 0.193. The molecule has 0 spiro atoms. The third-order valence-electron chi connectivity index (χ3n) is 4.13. The molecule has 0 saturated carbocycles. The first-order valence-corrected chi connectivity index (χ1v) is 8.50. The summed E-state index contributed by atoms with van der Waals surface area (Å²) in [6, 6.07) is 3.98. The largest absolute Gasteiger partial charge is 0.381 e. The Morgan fingerprint density at radius 2 is 2.33 bits per heavy atom. The molecule has 0 radical (unpaired) electrons. The van der Waals surface area contributed by atoms with E-state index < -0.39 is 0 Å². The fourth-order valence-corrected chi connectivity index (χ4v) is 2.92. The maximum Gasteiger partial charge on any atom is 0.129 e. The zero-order valence-corrected chi connectivity index (χ0v) is 14.5. The summed E-state index contributed by atoms with van der Waals surface area (Å²) in [5.41, 5.74) is 2.14. The molecule has 0 aliphatic carbocycles. The highest BCUT2D eigenvalue weighted by Crippen LogP contribution is 2.24. The van der Waals surface area contributed by atoms with Gasteiger partial charge in [0.1, 0.15) is 12.1 Å². The molecule has 1 aliphatic rings. The van der Waals surface area contributed by atoms with Crippen LogP contribution in [0.1, 0.15) is 23.6 Å². The summed E-state index contributed by atoms with van der Waals surface area (Å²) < 4.78 is 5.43. The van der Waals surface area contributed by atoms with Gasteiger partial charge in [-0.25, -0.2) is 9.97 Å². The predicted molar refractivity (Wildman–Crippen MR) is 94.3 cm³/mol. The molecule has 3 rings (SSSR count). The number of aromatic nitrogens is 3. The van der Waals surface area contributed by atoms with E-state index in [1.165, 1.54) is 0 Å². The lowest BCUT2D eigenvalue weighted by Crippen LogP contribution is -2.25. The van der Waals surface area contributed by atoms with Crippen molar-refractivity contribution >= 4 is 17.4 Å². The van der Waals surface area contributed by atoms with E-state index in [4.69, 9.17) is 16.3 Å². The number of ether oxygens (including phenoxy) is 1. The molecule has 1 fully saturated rings. The van der Waals surface area contributed by atoms with Crippen molar-refractivity contribution in [2.45, 2.75) is 18.9 Å². The highest BCUT2D eigenvalue weighted by molar-refractivity contribution is 6.31. The third kappa shape index (κ3) is 4.63. The van der Waals surface area contributed by atoms with E-state index in [1.807, 2.05) is 12.1 Å². The van der Waals surface area contributed by atoms with Crippen molar-refractivity contribution in [2.75, 3.05) is 38.7 Å². The molecule has 0 bridgehead atoms. The van der Waals surface area contributed by atoms with Gasteiger partial charge < -0.3 is 15.0 Å². The molecule has 0 amide bonds. The Balaban J connectivity index is 1.47. The lowest BCUT2D eigenvalue weighted by Gasteiger charge is -2.18. The van der Waals surface area contributed by atoms with Crippen LogP contribution in [0.25, 0.3) is 0 Å². The third-order valence-corrected chi connectivity index (χ3v) is 4.47. The fraction of sp³-hybridized carbons (Fsp3) is 0.471. The summed E-state index contributed by atoms with van der Waals surface area (Å²) in [4.78, 5) is 14.9. The summed E-state index contributed by atoms with van der Waals surface area (Å²) in [5.74, 6) is 1.26. The van der Waals surface area contributed by atoms with E-state index in [0.29, 0.717) is 10.9 Å². The quantitative estimate of drug-likeness (QED) is 0.830. The number of nitrogens with zero attached hydrogens (tertiary/aromatic N) is 4. The molecule has 1 unspecified atom stereocenters. The van der Waals surface area contributed by atoms with Gasteiger partial charge in [0.25, 0.3) is 0 Å². The van der Waals surface area contributed by atoms with Gasteiger partial charge in [0.15, 0.2) is 0 Å². The van der Waals surface area contributed by atoms with Crippen LogP contribution in [0, 0.1) is 0 Å². The van der Waals surface area contributed by atoms with Crippen LogP contribution in [0.2, 0.25) is 5.02 Å². The number of hydrogen-bond donors (Lipinski definition) is 1. The maximum absolute atomic E-state index is 6.15. The van der Waals surface area contributed by atoms with Crippen LogP contribution in [0.15, 0.2) is 30.9 Å². The van der Waals surface area contributed by atoms with Gasteiger partial charge in [-0.2, -0.15) is 0 Å². The summed E-state index contributed by atoms with van der Waals surface area (Å²) in [5, 5.41) is 4.07. The van der Waals surface area contributed by atoms with Crippen molar-refractivity contribution in [3.05, 3.63) is 47.1 Å². The number of anilines is 1. The molecule has 6 nitrogen and oxygen atoms in total. The summed E-state index contributed by atoms with van der Waals surface area (Å²) >= 11 is 6.15. The number of halogens is 1. The first kappa shape index (κ1) is 17.1. The molecule has 7 heteroatoms. The van der Waals surface area contributed by atoms with Crippen LogP contribution in [0.5, 0.6) is 0 Å². The lowest BCUT2D eigenvalue weighted by atomic mass is 10.1. The second-order valence-corrected chi connectivity index (χ2v) is 6.43. The van der Waals surface area contributed by atoms with Crippen molar-refractivity contribution in [3.8, 4) is 0 Å². The van der Waals surface area contributed by atoms with Crippen molar-refractivity contribution < 1.29 is 4.74 Å². The summed E-state index contributed by atoms with van der Waals surface area (Å²) in [6.07, 6.45) is 6.10. The van der Waals surface area contributed by atoms with Crippen molar-refractivity contribution in [1.29, 1.82) is 0 Å². The number of nitrogens with one attached hydrogen (secondary N) is 1. The molecular formula is C17H22ClN5O. The molecule has 1 aliphatic heterocycles. The average Bonchev–Trinajstić information content (AvgIpc) is 3.12. The molecule has 3 heterocycles. The molecule has 24 heavy (non-hydrogen) atoms. The van der Waals surface area contributed by atoms with Gasteiger partial charge in [-0.1, -0.05) is 11.6 Å². The molecule has 1 N–H and O–H groups in total. The smallest absolute Gasteiger partial charge is 0.129 e. The van der Waals surface area contributed by atoms with Crippen molar-refractivity contribution in [3.63, 3.8) is 0 Å². The topological polar surface area (TPSA) is 63.2 Å². The maximum atomic E-state index is 6.15. The highest BCUT2D eigenvalue weighted by atomic mass is 35.5. The van der Waals surface area contributed by atoms with Gasteiger partial charge >= 0.3 is 0 Å². The standard InChI is InChI=1S/C17H22ClN5O/c1-23(10-13-2-4-19-9-15(13)18)6-5-20-17-8-16(21-12-22-17)14-3-7-24-11-14/h2,4,8-9,12,14H,3,5-7,10-11H2,1H3,(H,20,21,22). The normalized spacial score (nSPS) is 17.4. The van der Waals surface area contributed by atoms with Crippen molar-refractivity contribution in [1.82, 2.24) is 19.9 Å². The van der Waals surface area contributed by atoms with E-state index in [1.54, 1.807) is 18.7 Å². The van der Waals surface area contributed by atoms with Crippen LogP contribution >= 0.6 is 11.6 Å². The second kappa shape index (κ2) is 8.37. The molecule has 2 aromatic rings. The number of likely N-dealkylation sites (N-methyl/N-ethyl adjacent to an activating group) is 1. The zero-order valence-electron chi connectivity index (χ0n) is 13.8. The van der Waals surface area contributed by atoms with Gasteiger partial charge in [0, 0.05) is 50.6 Å².